The zero-order valence-electron chi connectivity index (χ0n) is 15.3. The van der Waals surface area contributed by atoms with Gasteiger partial charge in [0, 0.05) is 38.1 Å². The fraction of sp³-hybridized carbons (Fsp3) is 0.316. The van der Waals surface area contributed by atoms with E-state index in [1.165, 1.54) is 18.2 Å². The van der Waals surface area contributed by atoms with E-state index >= 15 is 0 Å². The Morgan fingerprint density at radius 1 is 1.28 bits per heavy atom. The lowest BCUT2D eigenvalue weighted by atomic mass is 10.2. The van der Waals surface area contributed by atoms with Crippen LogP contribution in [0.25, 0.3) is 0 Å². The van der Waals surface area contributed by atoms with Gasteiger partial charge in [-0.05, 0) is 30.3 Å². The third-order valence-electron chi connectivity index (χ3n) is 4.37. The second-order valence-electron chi connectivity index (χ2n) is 6.35. The Hall–Kier alpha value is -2.96. The van der Waals surface area contributed by atoms with Crippen molar-refractivity contribution in [3.05, 3.63) is 47.1 Å². The van der Waals surface area contributed by atoms with Crippen LogP contribution in [0.3, 0.4) is 0 Å². The Balaban J connectivity index is 1.50. The summed E-state index contributed by atoms with van der Waals surface area (Å²) in [4.78, 5) is 20.6. The molecule has 1 amide bonds. The molecule has 10 heteroatoms. The summed E-state index contributed by atoms with van der Waals surface area (Å²) >= 11 is 5.89. The van der Waals surface area contributed by atoms with Gasteiger partial charge in [0.2, 0.25) is 5.91 Å². The number of rotatable bonds is 6. The van der Waals surface area contributed by atoms with Gasteiger partial charge in [0.05, 0.1) is 23.2 Å². The van der Waals surface area contributed by atoms with Gasteiger partial charge in [-0.1, -0.05) is 11.6 Å². The minimum atomic E-state index is -2.97. The molecule has 0 atom stereocenters. The highest BCUT2D eigenvalue weighted by Gasteiger charge is 2.20. The number of nitrogens with one attached hydrogen (secondary N) is 1. The van der Waals surface area contributed by atoms with Crippen LogP contribution >= 0.6 is 11.6 Å². The molecule has 0 radical (unpaired) electrons. The van der Waals surface area contributed by atoms with E-state index in [-0.39, 0.29) is 23.2 Å². The molecule has 1 N–H and O–H groups in total. The van der Waals surface area contributed by atoms with Crippen LogP contribution < -0.4 is 15.0 Å². The van der Waals surface area contributed by atoms with E-state index in [1.807, 2.05) is 4.90 Å². The number of piperazine rings is 1. The summed E-state index contributed by atoms with van der Waals surface area (Å²) < 4.78 is 28.8. The number of ether oxygens (including phenoxy) is 1. The summed E-state index contributed by atoms with van der Waals surface area (Å²) in [5.74, 6) is 0.361. The van der Waals surface area contributed by atoms with E-state index in [0.29, 0.717) is 37.4 Å². The maximum absolute atomic E-state index is 12.3. The van der Waals surface area contributed by atoms with Gasteiger partial charge in [-0.3, -0.25) is 9.69 Å². The number of nitriles is 1. The van der Waals surface area contributed by atoms with Gasteiger partial charge in [-0.25, -0.2) is 4.98 Å². The van der Waals surface area contributed by atoms with Crippen molar-refractivity contribution in [1.29, 1.82) is 5.26 Å². The van der Waals surface area contributed by atoms with Crippen molar-refractivity contribution in [2.75, 3.05) is 42.9 Å². The first-order chi connectivity index (χ1) is 13.9. The van der Waals surface area contributed by atoms with E-state index in [9.17, 15) is 13.6 Å². The number of pyridine rings is 1. The predicted octanol–water partition coefficient (Wildman–Crippen LogP) is 2.97. The lowest BCUT2D eigenvalue weighted by Crippen LogP contribution is -2.48. The molecule has 152 valence electrons. The Labute approximate surface area is 171 Å². The molecule has 0 aliphatic carbocycles. The molecule has 3 rings (SSSR count). The van der Waals surface area contributed by atoms with E-state index in [1.54, 1.807) is 18.3 Å². The molecule has 0 spiro atoms. The molecule has 1 aliphatic heterocycles. The summed E-state index contributed by atoms with van der Waals surface area (Å²) in [7, 11) is 0. The minimum absolute atomic E-state index is 0.0104. The van der Waals surface area contributed by atoms with Gasteiger partial charge in [-0.15, -0.1) is 0 Å². The number of benzene rings is 1. The van der Waals surface area contributed by atoms with Crippen molar-refractivity contribution in [3.63, 3.8) is 0 Å². The molecular weight excluding hydrogens is 404 g/mol. The smallest absolute Gasteiger partial charge is 0.387 e. The lowest BCUT2D eigenvalue weighted by Gasteiger charge is -2.35. The van der Waals surface area contributed by atoms with Crippen molar-refractivity contribution >= 4 is 29.0 Å². The van der Waals surface area contributed by atoms with Crippen LogP contribution in [0.2, 0.25) is 5.02 Å². The first-order valence-corrected chi connectivity index (χ1v) is 9.20. The highest BCUT2D eigenvalue weighted by molar-refractivity contribution is 6.32. The molecule has 0 saturated carbocycles. The van der Waals surface area contributed by atoms with Crippen molar-refractivity contribution in [2.24, 2.45) is 0 Å². The average molecular weight is 422 g/mol. The summed E-state index contributed by atoms with van der Waals surface area (Å²) in [6.45, 7) is -0.0980. The Bertz CT molecular complexity index is 914. The maximum atomic E-state index is 12.3. The second kappa shape index (κ2) is 9.49. The fourth-order valence-electron chi connectivity index (χ4n) is 2.97. The van der Waals surface area contributed by atoms with Crippen LogP contribution in [0.15, 0.2) is 36.5 Å². The fourth-order valence-corrected chi connectivity index (χ4v) is 3.19. The Morgan fingerprint density at radius 3 is 2.69 bits per heavy atom. The highest BCUT2D eigenvalue weighted by atomic mass is 35.5. The molecule has 1 aromatic carbocycles. The van der Waals surface area contributed by atoms with E-state index in [2.05, 4.69) is 26.0 Å². The Kier molecular flexibility index (Phi) is 6.80. The number of halogens is 3. The number of anilines is 2. The van der Waals surface area contributed by atoms with Gasteiger partial charge in [0.25, 0.3) is 0 Å². The van der Waals surface area contributed by atoms with E-state index < -0.39 is 6.61 Å². The SMILES string of the molecule is N#Cc1ccnc(N2CCN(CC(=O)Nc3ccc(OC(F)F)c(Cl)c3)CC2)c1. The monoisotopic (exact) mass is 421 g/mol. The van der Waals surface area contributed by atoms with Crippen LogP contribution in [0.1, 0.15) is 5.56 Å². The van der Waals surface area contributed by atoms with Crippen molar-refractivity contribution in [1.82, 2.24) is 9.88 Å². The summed E-state index contributed by atoms with van der Waals surface area (Å²) in [6, 6.07) is 9.59. The topological polar surface area (TPSA) is 81.5 Å². The molecule has 1 aromatic heterocycles. The van der Waals surface area contributed by atoms with Crippen LogP contribution in [0, 0.1) is 11.3 Å². The number of carbonyl (C=O) groups is 1. The van der Waals surface area contributed by atoms with Gasteiger partial charge >= 0.3 is 6.61 Å². The van der Waals surface area contributed by atoms with Gasteiger partial charge < -0.3 is 15.0 Å². The molecule has 0 bridgehead atoms. The number of aromatic nitrogens is 1. The molecule has 7 nitrogen and oxygen atoms in total. The largest absolute Gasteiger partial charge is 0.433 e. The summed E-state index contributed by atoms with van der Waals surface area (Å²) in [5.41, 5.74) is 0.957. The van der Waals surface area contributed by atoms with E-state index in [0.717, 1.165) is 5.82 Å². The quantitative estimate of drug-likeness (QED) is 0.772. The molecule has 29 heavy (non-hydrogen) atoms. The normalized spacial score (nSPS) is 14.5. The zero-order valence-corrected chi connectivity index (χ0v) is 16.1. The number of alkyl halides is 2. The minimum Gasteiger partial charge on any atom is -0.433 e. The standard InChI is InChI=1S/C19H18ClF2N5O2/c20-15-10-14(1-2-16(15)29-19(21)22)25-18(28)12-26-5-7-27(8-6-26)17-9-13(11-23)3-4-24-17/h1-4,9-10,19H,5-8,12H2,(H,25,28). The summed E-state index contributed by atoms with van der Waals surface area (Å²) in [6.07, 6.45) is 1.61. The number of hydrogen-bond acceptors (Lipinski definition) is 6. The van der Waals surface area contributed by atoms with E-state index in [4.69, 9.17) is 16.9 Å². The van der Waals surface area contributed by atoms with Crippen molar-refractivity contribution < 1.29 is 18.3 Å². The second-order valence-corrected chi connectivity index (χ2v) is 6.76. The van der Waals surface area contributed by atoms with Gasteiger partial charge in [0.15, 0.2) is 0 Å². The highest BCUT2D eigenvalue weighted by Crippen LogP contribution is 2.29. The molecule has 2 aromatic rings. The Morgan fingerprint density at radius 2 is 2.03 bits per heavy atom. The van der Waals surface area contributed by atoms with Crippen molar-refractivity contribution in [3.8, 4) is 11.8 Å². The number of amides is 1. The molecule has 1 fully saturated rings. The summed E-state index contributed by atoms with van der Waals surface area (Å²) in [5, 5.41) is 11.7. The van der Waals surface area contributed by atoms with Crippen LogP contribution in [0.4, 0.5) is 20.3 Å². The molecule has 0 unspecified atom stereocenters. The molecular formula is C19H18ClF2N5O2. The number of nitrogens with zero attached hydrogens (tertiary/aromatic N) is 4. The molecule has 2 heterocycles. The molecule has 1 aliphatic rings. The van der Waals surface area contributed by atoms with Gasteiger partial charge in [-0.2, -0.15) is 14.0 Å². The average Bonchev–Trinajstić information content (AvgIpc) is 2.70. The van der Waals surface area contributed by atoms with Crippen LogP contribution in [-0.2, 0) is 4.79 Å². The third kappa shape index (κ3) is 5.76. The third-order valence-corrected chi connectivity index (χ3v) is 4.67. The van der Waals surface area contributed by atoms with Crippen LogP contribution in [0.5, 0.6) is 5.75 Å². The van der Waals surface area contributed by atoms with Crippen LogP contribution in [-0.4, -0.2) is 55.1 Å². The predicted molar refractivity (Wildman–Crippen MR) is 104 cm³/mol. The van der Waals surface area contributed by atoms with Gasteiger partial charge in [0.1, 0.15) is 11.6 Å². The first kappa shape index (κ1) is 20.8. The number of hydrogen-bond donors (Lipinski definition) is 1. The first-order valence-electron chi connectivity index (χ1n) is 8.82. The number of carbonyl (C=O) groups excluding carboxylic acids is 1. The molecule has 1 saturated heterocycles. The van der Waals surface area contributed by atoms with Crippen molar-refractivity contribution in [2.45, 2.75) is 6.61 Å². The lowest BCUT2D eigenvalue weighted by molar-refractivity contribution is -0.117. The zero-order chi connectivity index (χ0) is 20.8. The maximum Gasteiger partial charge on any atom is 0.387 e.